The lowest BCUT2D eigenvalue weighted by atomic mass is 10.3. The molecule has 1 saturated heterocycles. The number of hydroxylamine groups is 2. The second-order valence-corrected chi connectivity index (χ2v) is 2.74. The first-order chi connectivity index (χ1) is 5.36. The van der Waals surface area contributed by atoms with E-state index in [1.54, 1.807) is 5.06 Å². The van der Waals surface area contributed by atoms with Crippen molar-refractivity contribution < 1.29 is 9.39 Å². The summed E-state index contributed by atoms with van der Waals surface area (Å²) in [4.78, 5) is 2.20. The predicted octanol–water partition coefficient (Wildman–Crippen LogP) is -0.627. The standard InChI is InChI=1S/C6H14N2O2S/c9-6-5-7-1-3-8(10-11)4-2-7/h9,11H,1-6H2. The molecular formula is C6H14N2O2S. The zero-order chi connectivity index (χ0) is 8.10. The normalized spacial score (nSPS) is 22.4. The molecule has 0 aromatic heterocycles. The Morgan fingerprint density at radius 1 is 1.27 bits per heavy atom. The molecule has 4 nitrogen and oxygen atoms in total. The number of nitrogens with zero attached hydrogens (tertiary/aromatic N) is 2. The molecule has 1 aliphatic rings. The Hall–Kier alpha value is 0.190. The van der Waals surface area contributed by atoms with Crippen LogP contribution in [0, 0.1) is 0 Å². The smallest absolute Gasteiger partial charge is 0.0558 e. The fourth-order valence-electron chi connectivity index (χ4n) is 1.18. The van der Waals surface area contributed by atoms with E-state index in [4.69, 9.17) is 9.39 Å². The summed E-state index contributed by atoms with van der Waals surface area (Å²) in [7, 11) is 0. The van der Waals surface area contributed by atoms with Crippen LogP contribution in [0.1, 0.15) is 0 Å². The van der Waals surface area contributed by atoms with Gasteiger partial charge in [0.1, 0.15) is 0 Å². The van der Waals surface area contributed by atoms with E-state index in [1.807, 2.05) is 0 Å². The van der Waals surface area contributed by atoms with Crippen molar-refractivity contribution in [2.75, 3.05) is 39.3 Å². The predicted molar refractivity (Wildman–Crippen MR) is 45.2 cm³/mol. The van der Waals surface area contributed by atoms with Crippen molar-refractivity contribution in [1.29, 1.82) is 0 Å². The van der Waals surface area contributed by atoms with E-state index < -0.39 is 0 Å². The van der Waals surface area contributed by atoms with Crippen LogP contribution in [0.15, 0.2) is 0 Å². The average molecular weight is 178 g/mol. The van der Waals surface area contributed by atoms with Gasteiger partial charge in [-0.2, -0.15) is 5.06 Å². The first-order valence-electron chi connectivity index (χ1n) is 3.76. The molecule has 1 aliphatic heterocycles. The second kappa shape index (κ2) is 4.95. The summed E-state index contributed by atoms with van der Waals surface area (Å²) in [5, 5.41) is 10.4. The van der Waals surface area contributed by atoms with Crippen molar-refractivity contribution in [1.82, 2.24) is 9.96 Å². The van der Waals surface area contributed by atoms with Crippen LogP contribution in [0.5, 0.6) is 0 Å². The van der Waals surface area contributed by atoms with Gasteiger partial charge in [0, 0.05) is 32.7 Å². The summed E-state index contributed by atoms with van der Waals surface area (Å²) in [6.45, 7) is 4.62. The maximum atomic E-state index is 8.64. The van der Waals surface area contributed by atoms with Crippen molar-refractivity contribution in [2.24, 2.45) is 0 Å². The third-order valence-corrected chi connectivity index (χ3v) is 2.09. The van der Waals surface area contributed by atoms with E-state index in [0.717, 1.165) is 32.7 Å². The van der Waals surface area contributed by atoms with Gasteiger partial charge in [-0.3, -0.25) is 4.90 Å². The molecule has 0 aromatic rings. The molecule has 1 rings (SSSR count). The molecule has 0 amide bonds. The molecule has 0 atom stereocenters. The summed E-state index contributed by atoms with van der Waals surface area (Å²) in [6, 6.07) is 0. The molecule has 0 unspecified atom stereocenters. The Labute approximate surface area is 72.3 Å². The SMILES string of the molecule is OCCN1CCN(OS)CC1. The number of piperazine rings is 1. The molecular weight excluding hydrogens is 164 g/mol. The number of hydrogen-bond acceptors (Lipinski definition) is 5. The molecule has 0 radical (unpaired) electrons. The molecule has 1 heterocycles. The average Bonchev–Trinajstić information content (AvgIpc) is 2.07. The van der Waals surface area contributed by atoms with E-state index in [0.29, 0.717) is 0 Å². The van der Waals surface area contributed by atoms with Gasteiger partial charge in [0.05, 0.1) is 6.61 Å². The molecule has 0 aromatic carbocycles. The molecule has 1 fully saturated rings. The highest BCUT2D eigenvalue weighted by molar-refractivity contribution is 7.75. The largest absolute Gasteiger partial charge is 0.395 e. The lowest BCUT2D eigenvalue weighted by molar-refractivity contribution is -0.0703. The van der Waals surface area contributed by atoms with E-state index in [9.17, 15) is 0 Å². The summed E-state index contributed by atoms with van der Waals surface area (Å²) in [6.07, 6.45) is 0. The third-order valence-electron chi connectivity index (χ3n) is 1.86. The zero-order valence-electron chi connectivity index (χ0n) is 6.44. The van der Waals surface area contributed by atoms with Gasteiger partial charge in [-0.1, -0.05) is 0 Å². The minimum atomic E-state index is 0.238. The lowest BCUT2D eigenvalue weighted by Gasteiger charge is -2.31. The minimum absolute atomic E-state index is 0.238. The Kier molecular flexibility index (Phi) is 4.17. The summed E-state index contributed by atoms with van der Waals surface area (Å²) in [5.41, 5.74) is 0. The van der Waals surface area contributed by atoms with Gasteiger partial charge >= 0.3 is 0 Å². The number of aliphatic hydroxyl groups is 1. The fraction of sp³-hybridized carbons (Fsp3) is 1.00. The first kappa shape index (κ1) is 9.28. The number of β-amino-alcohol motifs (C(OH)–C–C–N with tert-alkyl or cyclic N) is 1. The summed E-state index contributed by atoms with van der Waals surface area (Å²) < 4.78 is 4.76. The number of thiol groups is 1. The van der Waals surface area contributed by atoms with Gasteiger partial charge in [-0.25, -0.2) is 4.28 Å². The Morgan fingerprint density at radius 3 is 2.36 bits per heavy atom. The van der Waals surface area contributed by atoms with Crippen molar-refractivity contribution >= 4 is 12.9 Å². The molecule has 11 heavy (non-hydrogen) atoms. The lowest BCUT2D eigenvalue weighted by Crippen LogP contribution is -2.45. The van der Waals surface area contributed by atoms with Crippen molar-refractivity contribution in [2.45, 2.75) is 0 Å². The first-order valence-corrected chi connectivity index (χ1v) is 4.13. The minimum Gasteiger partial charge on any atom is -0.395 e. The Balaban J connectivity index is 2.14. The van der Waals surface area contributed by atoms with Crippen LogP contribution in [0.2, 0.25) is 0 Å². The van der Waals surface area contributed by atoms with E-state index >= 15 is 0 Å². The number of rotatable bonds is 3. The number of aliphatic hydroxyl groups excluding tert-OH is 1. The molecule has 0 aliphatic carbocycles. The van der Waals surface area contributed by atoms with Gasteiger partial charge in [0.2, 0.25) is 0 Å². The Morgan fingerprint density at radius 2 is 1.91 bits per heavy atom. The molecule has 0 spiro atoms. The van der Waals surface area contributed by atoms with Crippen molar-refractivity contribution in [3.05, 3.63) is 0 Å². The summed E-state index contributed by atoms with van der Waals surface area (Å²) in [5.74, 6) is 0. The van der Waals surface area contributed by atoms with Crippen LogP contribution in [-0.2, 0) is 4.28 Å². The Bertz CT molecular complexity index is 107. The van der Waals surface area contributed by atoms with Gasteiger partial charge in [-0.15, -0.1) is 0 Å². The fourth-order valence-corrected chi connectivity index (χ4v) is 1.34. The monoisotopic (exact) mass is 178 g/mol. The molecule has 1 N–H and O–H groups in total. The van der Waals surface area contributed by atoms with Gasteiger partial charge in [0.15, 0.2) is 0 Å². The molecule has 0 saturated carbocycles. The van der Waals surface area contributed by atoms with Crippen LogP contribution < -0.4 is 0 Å². The van der Waals surface area contributed by atoms with E-state index in [2.05, 4.69) is 17.8 Å². The van der Waals surface area contributed by atoms with Gasteiger partial charge < -0.3 is 5.11 Å². The summed E-state index contributed by atoms with van der Waals surface area (Å²) >= 11 is 3.70. The van der Waals surface area contributed by atoms with Crippen molar-refractivity contribution in [3.63, 3.8) is 0 Å². The van der Waals surface area contributed by atoms with Crippen LogP contribution in [0.4, 0.5) is 0 Å². The highest BCUT2D eigenvalue weighted by Gasteiger charge is 2.15. The van der Waals surface area contributed by atoms with E-state index in [1.165, 1.54) is 0 Å². The van der Waals surface area contributed by atoms with E-state index in [-0.39, 0.29) is 6.61 Å². The van der Waals surface area contributed by atoms with Gasteiger partial charge in [0.25, 0.3) is 0 Å². The highest BCUT2D eigenvalue weighted by Crippen LogP contribution is 2.02. The van der Waals surface area contributed by atoms with Crippen LogP contribution in [-0.4, -0.2) is 54.4 Å². The van der Waals surface area contributed by atoms with Gasteiger partial charge in [-0.05, 0) is 12.9 Å². The van der Waals surface area contributed by atoms with Crippen LogP contribution in [0.25, 0.3) is 0 Å². The molecule has 66 valence electrons. The van der Waals surface area contributed by atoms with Crippen LogP contribution in [0.3, 0.4) is 0 Å². The maximum absolute atomic E-state index is 8.64. The zero-order valence-corrected chi connectivity index (χ0v) is 7.33. The van der Waals surface area contributed by atoms with Crippen LogP contribution >= 0.6 is 12.9 Å². The number of hydrogen-bond donors (Lipinski definition) is 2. The topological polar surface area (TPSA) is 35.9 Å². The molecule has 0 bridgehead atoms. The quantitative estimate of drug-likeness (QED) is 0.446. The highest BCUT2D eigenvalue weighted by atomic mass is 32.1. The molecule has 5 heteroatoms. The van der Waals surface area contributed by atoms with Crippen molar-refractivity contribution in [3.8, 4) is 0 Å². The third kappa shape index (κ3) is 2.96. The maximum Gasteiger partial charge on any atom is 0.0558 e. The second-order valence-electron chi connectivity index (χ2n) is 2.58.